The Labute approximate surface area is 132 Å². The van der Waals surface area contributed by atoms with Gasteiger partial charge in [0.1, 0.15) is 5.75 Å². The largest absolute Gasteiger partial charge is 0.507 e. The number of hydrogen-bond donors (Lipinski definition) is 2. The zero-order valence-electron chi connectivity index (χ0n) is 13.3. The van der Waals surface area contributed by atoms with Crippen LogP contribution in [0.1, 0.15) is 54.4 Å². The van der Waals surface area contributed by atoms with Crippen molar-refractivity contribution >= 4 is 5.91 Å². The van der Waals surface area contributed by atoms with E-state index in [2.05, 4.69) is 10.2 Å². The normalized spacial score (nSPS) is 23.6. The van der Waals surface area contributed by atoms with Gasteiger partial charge in [0, 0.05) is 25.2 Å². The lowest BCUT2D eigenvalue weighted by molar-refractivity contribution is 0.0931. The minimum atomic E-state index is -0.147. The molecule has 1 heterocycles. The molecule has 0 unspecified atom stereocenters. The number of nitrogens with zero attached hydrogens (tertiary/aromatic N) is 1. The smallest absolute Gasteiger partial charge is 0.255 e. The Balaban J connectivity index is 1.59. The number of likely N-dealkylation sites (tertiary alicyclic amines) is 1. The Morgan fingerprint density at radius 2 is 2.00 bits per heavy atom. The number of nitrogens with one attached hydrogen (secondary N) is 1. The molecule has 1 aromatic carbocycles. The van der Waals surface area contributed by atoms with Crippen LogP contribution in [0.4, 0.5) is 0 Å². The van der Waals surface area contributed by atoms with Crippen molar-refractivity contribution in [2.24, 2.45) is 0 Å². The topological polar surface area (TPSA) is 52.6 Å². The van der Waals surface area contributed by atoms with Gasteiger partial charge in [0.2, 0.25) is 0 Å². The number of phenolic OH excluding ortho intramolecular Hbond substituents is 1. The lowest BCUT2D eigenvalue weighted by atomic mass is 9.94. The van der Waals surface area contributed by atoms with E-state index in [0.29, 0.717) is 11.6 Å². The van der Waals surface area contributed by atoms with Crippen molar-refractivity contribution in [2.45, 2.75) is 57.5 Å². The summed E-state index contributed by atoms with van der Waals surface area (Å²) in [4.78, 5) is 15.0. The molecule has 1 aliphatic heterocycles. The van der Waals surface area contributed by atoms with E-state index in [9.17, 15) is 9.90 Å². The Hall–Kier alpha value is -1.55. The van der Waals surface area contributed by atoms with E-state index >= 15 is 0 Å². The second-order valence-corrected chi connectivity index (χ2v) is 6.71. The number of phenols is 1. The number of aromatic hydroxyl groups is 1. The number of rotatable bonds is 3. The molecule has 1 amide bonds. The quantitative estimate of drug-likeness (QED) is 0.903. The molecule has 120 valence electrons. The highest BCUT2D eigenvalue weighted by Gasteiger charge is 2.30. The van der Waals surface area contributed by atoms with E-state index in [1.807, 2.05) is 13.0 Å². The van der Waals surface area contributed by atoms with Crippen molar-refractivity contribution in [3.63, 3.8) is 0 Å². The minimum Gasteiger partial charge on any atom is -0.507 e. The van der Waals surface area contributed by atoms with Crippen LogP contribution >= 0.6 is 0 Å². The van der Waals surface area contributed by atoms with Crippen LogP contribution in [0.5, 0.6) is 5.75 Å². The van der Waals surface area contributed by atoms with E-state index in [1.165, 1.54) is 32.1 Å². The van der Waals surface area contributed by atoms with E-state index in [4.69, 9.17) is 0 Å². The summed E-state index contributed by atoms with van der Waals surface area (Å²) in [7, 11) is 0. The first kappa shape index (κ1) is 15.3. The summed E-state index contributed by atoms with van der Waals surface area (Å²) in [5, 5.41) is 13.0. The van der Waals surface area contributed by atoms with Crippen LogP contribution in [0.15, 0.2) is 18.2 Å². The van der Waals surface area contributed by atoms with Crippen LogP contribution in [0.3, 0.4) is 0 Å². The third kappa shape index (κ3) is 3.27. The predicted octanol–water partition coefficient (Wildman–Crippen LogP) is 2.84. The first-order chi connectivity index (χ1) is 10.6. The molecular weight excluding hydrogens is 276 g/mol. The Morgan fingerprint density at radius 3 is 2.73 bits per heavy atom. The molecule has 1 saturated carbocycles. The SMILES string of the molecule is Cc1cccc(O)c1C(=O)N[C@H]1CCN(C2CCCCC2)C1. The van der Waals surface area contributed by atoms with Crippen molar-refractivity contribution in [1.29, 1.82) is 0 Å². The van der Waals surface area contributed by atoms with Crippen LogP contribution in [-0.4, -0.2) is 41.1 Å². The van der Waals surface area contributed by atoms with Gasteiger partial charge in [-0.1, -0.05) is 31.4 Å². The van der Waals surface area contributed by atoms with Crippen LogP contribution in [0.25, 0.3) is 0 Å². The van der Waals surface area contributed by atoms with Gasteiger partial charge in [0.05, 0.1) is 5.56 Å². The Kier molecular flexibility index (Phi) is 4.67. The molecule has 0 aromatic heterocycles. The predicted molar refractivity (Wildman–Crippen MR) is 87.2 cm³/mol. The number of benzene rings is 1. The lowest BCUT2D eigenvalue weighted by Crippen LogP contribution is -2.40. The molecule has 1 saturated heterocycles. The summed E-state index contributed by atoms with van der Waals surface area (Å²) >= 11 is 0. The van der Waals surface area contributed by atoms with Crippen molar-refractivity contribution in [3.05, 3.63) is 29.3 Å². The standard InChI is InChI=1S/C18H26N2O2/c1-13-6-5-9-16(21)17(13)18(22)19-14-10-11-20(12-14)15-7-3-2-4-8-15/h5-6,9,14-15,21H,2-4,7-8,10-12H2,1H3,(H,19,22)/t14-/m0/s1. The van der Waals surface area contributed by atoms with Crippen molar-refractivity contribution in [1.82, 2.24) is 10.2 Å². The summed E-state index contributed by atoms with van der Waals surface area (Å²) in [6, 6.07) is 6.11. The summed E-state index contributed by atoms with van der Waals surface area (Å²) in [6.07, 6.45) is 7.68. The van der Waals surface area contributed by atoms with Gasteiger partial charge in [0.25, 0.3) is 5.91 Å². The fraction of sp³-hybridized carbons (Fsp3) is 0.611. The summed E-state index contributed by atoms with van der Waals surface area (Å²) in [6.45, 7) is 3.88. The third-order valence-electron chi connectivity index (χ3n) is 5.12. The van der Waals surface area contributed by atoms with Crippen molar-refractivity contribution < 1.29 is 9.90 Å². The molecule has 2 fully saturated rings. The number of carbonyl (C=O) groups is 1. The van der Waals surface area contributed by atoms with Gasteiger partial charge in [-0.3, -0.25) is 9.69 Å². The van der Waals surface area contributed by atoms with Gasteiger partial charge in [0.15, 0.2) is 0 Å². The highest BCUT2D eigenvalue weighted by atomic mass is 16.3. The Bertz CT molecular complexity index is 518. The van der Waals surface area contributed by atoms with Gasteiger partial charge in [-0.15, -0.1) is 0 Å². The minimum absolute atomic E-state index is 0.0691. The highest BCUT2D eigenvalue weighted by Crippen LogP contribution is 2.26. The first-order valence-corrected chi connectivity index (χ1v) is 8.48. The first-order valence-electron chi connectivity index (χ1n) is 8.48. The van der Waals surface area contributed by atoms with Crippen LogP contribution in [0, 0.1) is 6.92 Å². The third-order valence-corrected chi connectivity index (χ3v) is 5.12. The monoisotopic (exact) mass is 302 g/mol. The second-order valence-electron chi connectivity index (χ2n) is 6.71. The number of amides is 1. The van der Waals surface area contributed by atoms with Crippen molar-refractivity contribution in [2.75, 3.05) is 13.1 Å². The average molecular weight is 302 g/mol. The average Bonchev–Trinajstić information content (AvgIpc) is 2.96. The molecular formula is C18H26N2O2. The van der Waals surface area contributed by atoms with Gasteiger partial charge in [-0.25, -0.2) is 0 Å². The molecule has 2 aliphatic rings. The van der Waals surface area contributed by atoms with Crippen molar-refractivity contribution in [3.8, 4) is 5.75 Å². The zero-order valence-corrected chi connectivity index (χ0v) is 13.3. The van der Waals surface area contributed by atoms with Gasteiger partial charge < -0.3 is 10.4 Å². The van der Waals surface area contributed by atoms with Crippen LogP contribution in [-0.2, 0) is 0 Å². The molecule has 0 spiro atoms. The summed E-state index contributed by atoms with van der Waals surface area (Å²) in [5.74, 6) is -0.0780. The fourth-order valence-corrected chi connectivity index (χ4v) is 3.89. The zero-order chi connectivity index (χ0) is 15.5. The maximum Gasteiger partial charge on any atom is 0.255 e. The maximum atomic E-state index is 12.4. The summed E-state index contributed by atoms with van der Waals surface area (Å²) in [5.41, 5.74) is 1.23. The van der Waals surface area contributed by atoms with Gasteiger partial charge >= 0.3 is 0 Å². The molecule has 1 atom stereocenters. The molecule has 4 nitrogen and oxygen atoms in total. The van der Waals surface area contributed by atoms with E-state index in [-0.39, 0.29) is 17.7 Å². The van der Waals surface area contributed by atoms with E-state index in [0.717, 1.165) is 25.1 Å². The van der Waals surface area contributed by atoms with Gasteiger partial charge in [-0.05, 0) is 37.8 Å². The van der Waals surface area contributed by atoms with Crippen LogP contribution in [0.2, 0.25) is 0 Å². The number of aryl methyl sites for hydroxylation is 1. The molecule has 0 bridgehead atoms. The number of carbonyl (C=O) groups excluding carboxylic acids is 1. The highest BCUT2D eigenvalue weighted by molar-refractivity contribution is 5.98. The van der Waals surface area contributed by atoms with E-state index < -0.39 is 0 Å². The molecule has 3 rings (SSSR count). The maximum absolute atomic E-state index is 12.4. The van der Waals surface area contributed by atoms with Gasteiger partial charge in [-0.2, -0.15) is 0 Å². The number of hydrogen-bond acceptors (Lipinski definition) is 3. The van der Waals surface area contributed by atoms with E-state index in [1.54, 1.807) is 12.1 Å². The van der Waals surface area contributed by atoms with Crippen LogP contribution < -0.4 is 5.32 Å². The molecule has 2 N–H and O–H groups in total. The summed E-state index contributed by atoms with van der Waals surface area (Å²) < 4.78 is 0. The Morgan fingerprint density at radius 1 is 1.23 bits per heavy atom. The fourth-order valence-electron chi connectivity index (χ4n) is 3.89. The lowest BCUT2D eigenvalue weighted by Gasteiger charge is -2.31. The molecule has 1 aliphatic carbocycles. The molecule has 22 heavy (non-hydrogen) atoms. The molecule has 4 heteroatoms. The molecule has 1 aromatic rings. The molecule has 0 radical (unpaired) electrons. The second kappa shape index (κ2) is 6.69.